The highest BCUT2D eigenvalue weighted by atomic mass is 14.9. The number of nitrogens with one attached hydrogen (secondary N) is 2. The van der Waals surface area contributed by atoms with Gasteiger partial charge in [0.15, 0.2) is 0 Å². The molecule has 2 rings (SSSR count). The van der Waals surface area contributed by atoms with Crippen LogP contribution in [0.2, 0.25) is 0 Å². The maximum Gasteiger partial charge on any atom is 0.0921 e. The zero-order valence-electron chi connectivity index (χ0n) is 9.71. The Hall–Kier alpha value is -0.830. The molecule has 0 amide bonds. The zero-order valence-corrected chi connectivity index (χ0v) is 9.71. The van der Waals surface area contributed by atoms with Crippen molar-refractivity contribution in [2.45, 2.75) is 45.6 Å². The van der Waals surface area contributed by atoms with Crippen LogP contribution >= 0.6 is 0 Å². The Labute approximate surface area is 91.7 Å². The summed E-state index contributed by atoms with van der Waals surface area (Å²) in [5.74, 6) is 0. The summed E-state index contributed by atoms with van der Waals surface area (Å²) in [5.41, 5.74) is 1.70. The Bertz CT molecular complexity index is 290. The van der Waals surface area contributed by atoms with Crippen LogP contribution in [0.15, 0.2) is 12.5 Å². The molecule has 0 spiro atoms. The Morgan fingerprint density at radius 1 is 1.60 bits per heavy atom. The first-order valence-electron chi connectivity index (χ1n) is 5.89. The lowest BCUT2D eigenvalue weighted by Crippen LogP contribution is -2.38. The second-order valence-corrected chi connectivity index (χ2v) is 5.21. The third kappa shape index (κ3) is 2.59. The topological polar surface area (TPSA) is 40.7 Å². The first-order chi connectivity index (χ1) is 7.18. The molecule has 1 saturated carbocycles. The molecule has 1 fully saturated rings. The number of hydrogen-bond donors (Lipinski definition) is 2. The molecular formula is C12H21N3. The SMILES string of the molecule is CC1(C)CCCC1NCCc1cnc[nH]1. The van der Waals surface area contributed by atoms with Crippen molar-refractivity contribution in [1.82, 2.24) is 15.3 Å². The fraction of sp³-hybridized carbons (Fsp3) is 0.750. The van der Waals surface area contributed by atoms with Crippen molar-refractivity contribution in [1.29, 1.82) is 0 Å². The number of rotatable bonds is 4. The molecule has 3 heteroatoms. The molecule has 1 aliphatic carbocycles. The minimum Gasteiger partial charge on any atom is -0.348 e. The number of H-pyrrole nitrogens is 1. The van der Waals surface area contributed by atoms with Gasteiger partial charge in [0.25, 0.3) is 0 Å². The van der Waals surface area contributed by atoms with Crippen molar-refractivity contribution in [3.63, 3.8) is 0 Å². The highest BCUT2D eigenvalue weighted by molar-refractivity contribution is 4.96. The Kier molecular flexibility index (Phi) is 3.10. The summed E-state index contributed by atoms with van der Waals surface area (Å²) >= 11 is 0. The molecule has 0 aliphatic heterocycles. The Morgan fingerprint density at radius 2 is 2.47 bits per heavy atom. The molecule has 1 aromatic rings. The summed E-state index contributed by atoms with van der Waals surface area (Å²) < 4.78 is 0. The zero-order chi connectivity index (χ0) is 10.7. The van der Waals surface area contributed by atoms with E-state index in [0.29, 0.717) is 11.5 Å². The van der Waals surface area contributed by atoms with Crippen molar-refractivity contribution in [3.8, 4) is 0 Å². The quantitative estimate of drug-likeness (QED) is 0.794. The predicted molar refractivity (Wildman–Crippen MR) is 61.7 cm³/mol. The molecular weight excluding hydrogens is 186 g/mol. The van der Waals surface area contributed by atoms with Crippen LogP contribution in [0.5, 0.6) is 0 Å². The average molecular weight is 207 g/mol. The van der Waals surface area contributed by atoms with E-state index in [-0.39, 0.29) is 0 Å². The van der Waals surface area contributed by atoms with Gasteiger partial charge in [-0.3, -0.25) is 0 Å². The van der Waals surface area contributed by atoms with Crippen LogP contribution in [0.25, 0.3) is 0 Å². The lowest BCUT2D eigenvalue weighted by atomic mass is 9.87. The molecule has 1 unspecified atom stereocenters. The van der Waals surface area contributed by atoms with E-state index in [4.69, 9.17) is 0 Å². The number of aromatic nitrogens is 2. The molecule has 0 aromatic carbocycles. The minimum atomic E-state index is 0.480. The van der Waals surface area contributed by atoms with Crippen LogP contribution in [0, 0.1) is 5.41 Å². The van der Waals surface area contributed by atoms with Gasteiger partial charge in [0.05, 0.1) is 6.33 Å². The lowest BCUT2D eigenvalue weighted by Gasteiger charge is -2.27. The van der Waals surface area contributed by atoms with Gasteiger partial charge in [0, 0.05) is 30.9 Å². The van der Waals surface area contributed by atoms with E-state index >= 15 is 0 Å². The van der Waals surface area contributed by atoms with Gasteiger partial charge in [-0.15, -0.1) is 0 Å². The van der Waals surface area contributed by atoms with Gasteiger partial charge in [-0.1, -0.05) is 20.3 Å². The maximum absolute atomic E-state index is 4.02. The standard InChI is InChI=1S/C12H21N3/c1-12(2)6-3-4-11(12)14-7-5-10-8-13-9-15-10/h8-9,11,14H,3-7H2,1-2H3,(H,13,15). The van der Waals surface area contributed by atoms with Gasteiger partial charge in [-0.2, -0.15) is 0 Å². The first-order valence-corrected chi connectivity index (χ1v) is 5.89. The van der Waals surface area contributed by atoms with E-state index in [1.54, 1.807) is 6.33 Å². The van der Waals surface area contributed by atoms with Crippen LogP contribution in [0.4, 0.5) is 0 Å². The monoisotopic (exact) mass is 207 g/mol. The summed E-state index contributed by atoms with van der Waals surface area (Å²) in [6, 6.07) is 0.695. The highest BCUT2D eigenvalue weighted by Crippen LogP contribution is 2.36. The number of nitrogens with zero attached hydrogens (tertiary/aromatic N) is 1. The van der Waals surface area contributed by atoms with Gasteiger partial charge in [0.2, 0.25) is 0 Å². The van der Waals surface area contributed by atoms with Crippen LogP contribution in [0.1, 0.15) is 38.8 Å². The largest absolute Gasteiger partial charge is 0.348 e. The molecule has 15 heavy (non-hydrogen) atoms. The summed E-state index contributed by atoms with van der Waals surface area (Å²) in [6.45, 7) is 5.79. The van der Waals surface area contributed by atoms with Crippen molar-refractivity contribution in [2.24, 2.45) is 5.41 Å². The van der Waals surface area contributed by atoms with E-state index in [0.717, 1.165) is 13.0 Å². The van der Waals surface area contributed by atoms with Gasteiger partial charge in [-0.25, -0.2) is 4.98 Å². The molecule has 1 aromatic heterocycles. The van der Waals surface area contributed by atoms with Crippen molar-refractivity contribution in [3.05, 3.63) is 18.2 Å². The smallest absolute Gasteiger partial charge is 0.0921 e. The van der Waals surface area contributed by atoms with Crippen molar-refractivity contribution < 1.29 is 0 Å². The van der Waals surface area contributed by atoms with Crippen LogP contribution in [-0.2, 0) is 6.42 Å². The normalized spacial score (nSPS) is 24.5. The van der Waals surface area contributed by atoms with E-state index in [1.807, 2.05) is 6.20 Å². The van der Waals surface area contributed by atoms with E-state index in [9.17, 15) is 0 Å². The third-order valence-electron chi connectivity index (χ3n) is 3.60. The molecule has 1 atom stereocenters. The fourth-order valence-corrected chi connectivity index (χ4v) is 2.51. The van der Waals surface area contributed by atoms with Gasteiger partial charge in [0.1, 0.15) is 0 Å². The summed E-state index contributed by atoms with van der Waals surface area (Å²) in [4.78, 5) is 7.15. The molecule has 1 heterocycles. The van der Waals surface area contributed by atoms with Gasteiger partial charge in [-0.05, 0) is 18.3 Å². The van der Waals surface area contributed by atoms with E-state index in [1.165, 1.54) is 25.0 Å². The fourth-order valence-electron chi connectivity index (χ4n) is 2.51. The highest BCUT2D eigenvalue weighted by Gasteiger charge is 2.33. The Balaban J connectivity index is 1.74. The van der Waals surface area contributed by atoms with Gasteiger partial charge < -0.3 is 10.3 Å². The van der Waals surface area contributed by atoms with Crippen LogP contribution in [0.3, 0.4) is 0 Å². The van der Waals surface area contributed by atoms with Crippen LogP contribution < -0.4 is 5.32 Å². The number of aromatic amines is 1. The minimum absolute atomic E-state index is 0.480. The molecule has 84 valence electrons. The number of imidazole rings is 1. The molecule has 1 aliphatic rings. The van der Waals surface area contributed by atoms with E-state index < -0.39 is 0 Å². The second kappa shape index (κ2) is 4.35. The van der Waals surface area contributed by atoms with Crippen LogP contribution in [-0.4, -0.2) is 22.6 Å². The molecule has 0 saturated heterocycles. The maximum atomic E-state index is 4.02. The number of hydrogen-bond acceptors (Lipinski definition) is 2. The third-order valence-corrected chi connectivity index (χ3v) is 3.60. The van der Waals surface area contributed by atoms with Gasteiger partial charge >= 0.3 is 0 Å². The molecule has 0 bridgehead atoms. The first kappa shape index (κ1) is 10.7. The second-order valence-electron chi connectivity index (χ2n) is 5.21. The average Bonchev–Trinajstić information content (AvgIpc) is 2.77. The van der Waals surface area contributed by atoms with Crippen molar-refractivity contribution >= 4 is 0 Å². The Morgan fingerprint density at radius 3 is 3.07 bits per heavy atom. The summed E-state index contributed by atoms with van der Waals surface area (Å²) in [7, 11) is 0. The molecule has 3 nitrogen and oxygen atoms in total. The summed E-state index contributed by atoms with van der Waals surface area (Å²) in [5, 5.41) is 3.66. The molecule has 0 radical (unpaired) electrons. The lowest BCUT2D eigenvalue weighted by molar-refractivity contribution is 0.285. The predicted octanol–water partition coefficient (Wildman–Crippen LogP) is 2.12. The summed E-state index contributed by atoms with van der Waals surface area (Å²) in [6.07, 6.45) is 8.75. The van der Waals surface area contributed by atoms with E-state index in [2.05, 4.69) is 29.1 Å². The molecule has 2 N–H and O–H groups in total. The van der Waals surface area contributed by atoms with Crippen molar-refractivity contribution in [2.75, 3.05) is 6.54 Å².